The van der Waals surface area contributed by atoms with E-state index in [4.69, 9.17) is 0 Å². The van der Waals surface area contributed by atoms with E-state index < -0.39 is 24.7 Å². The molecule has 0 bridgehead atoms. The zero-order chi connectivity index (χ0) is 11.9. The van der Waals surface area contributed by atoms with Gasteiger partial charge < -0.3 is 10.6 Å². The van der Waals surface area contributed by atoms with Crippen molar-refractivity contribution < 1.29 is 18.0 Å². The summed E-state index contributed by atoms with van der Waals surface area (Å²) in [6.45, 7) is 2.90. The Kier molecular flexibility index (Phi) is 6.31. The topological polar surface area (TPSA) is 41.1 Å². The van der Waals surface area contributed by atoms with Gasteiger partial charge in [0.05, 0.1) is 6.04 Å². The van der Waals surface area contributed by atoms with Crippen molar-refractivity contribution in [2.24, 2.45) is 0 Å². The molecule has 3 nitrogen and oxygen atoms in total. The Bertz CT molecular complexity index is 194. The highest BCUT2D eigenvalue weighted by molar-refractivity contribution is 5.81. The molecule has 0 spiro atoms. The summed E-state index contributed by atoms with van der Waals surface area (Å²) in [5.74, 6) is -0.622. The molecule has 0 radical (unpaired) electrons. The molecule has 15 heavy (non-hydrogen) atoms. The maximum atomic E-state index is 11.8. The smallest absolute Gasteiger partial charge is 0.346 e. The number of carbonyl (C=O) groups is 1. The fraction of sp³-hybridized carbons (Fsp3) is 0.889. The summed E-state index contributed by atoms with van der Waals surface area (Å²) in [6.07, 6.45) is -2.47. The Morgan fingerprint density at radius 2 is 2.00 bits per heavy atom. The van der Waals surface area contributed by atoms with Gasteiger partial charge in [0.2, 0.25) is 5.91 Å². The van der Waals surface area contributed by atoms with Crippen LogP contribution < -0.4 is 10.6 Å². The standard InChI is InChI=1S/C9H17F3N2O/c1-3-4-5-13-7(2)8(15)14-6-9(10,11)12/h7,13H,3-6H2,1-2H3,(H,14,15). The molecule has 1 amide bonds. The Hall–Kier alpha value is -0.780. The second-order valence-corrected chi connectivity index (χ2v) is 3.36. The molecule has 90 valence electrons. The molecule has 1 atom stereocenters. The molecular weight excluding hydrogens is 209 g/mol. The molecule has 0 aromatic carbocycles. The van der Waals surface area contributed by atoms with Crippen LogP contribution in [0.5, 0.6) is 0 Å². The van der Waals surface area contributed by atoms with Gasteiger partial charge in [0, 0.05) is 0 Å². The Morgan fingerprint density at radius 3 is 2.47 bits per heavy atom. The quantitative estimate of drug-likeness (QED) is 0.673. The first-order valence-electron chi connectivity index (χ1n) is 4.94. The second-order valence-electron chi connectivity index (χ2n) is 3.36. The minimum Gasteiger partial charge on any atom is -0.346 e. The van der Waals surface area contributed by atoms with Gasteiger partial charge in [0.25, 0.3) is 0 Å². The predicted molar refractivity (Wildman–Crippen MR) is 51.4 cm³/mol. The lowest BCUT2D eigenvalue weighted by Crippen LogP contribution is -2.45. The van der Waals surface area contributed by atoms with E-state index >= 15 is 0 Å². The summed E-state index contributed by atoms with van der Waals surface area (Å²) >= 11 is 0. The van der Waals surface area contributed by atoms with Crippen LogP contribution >= 0.6 is 0 Å². The highest BCUT2D eigenvalue weighted by Crippen LogP contribution is 2.12. The van der Waals surface area contributed by atoms with Gasteiger partial charge in [0.15, 0.2) is 0 Å². The number of unbranched alkanes of at least 4 members (excludes halogenated alkanes) is 1. The molecule has 6 heteroatoms. The normalized spacial score (nSPS) is 13.7. The van der Waals surface area contributed by atoms with E-state index in [2.05, 4.69) is 5.32 Å². The summed E-state index contributed by atoms with van der Waals surface area (Å²) < 4.78 is 35.3. The van der Waals surface area contributed by atoms with Gasteiger partial charge in [-0.1, -0.05) is 13.3 Å². The first-order valence-corrected chi connectivity index (χ1v) is 4.94. The molecule has 0 saturated heterocycles. The Balaban J connectivity index is 3.70. The number of carbonyl (C=O) groups excluding carboxylic acids is 1. The largest absolute Gasteiger partial charge is 0.405 e. The fourth-order valence-electron chi connectivity index (χ4n) is 0.928. The van der Waals surface area contributed by atoms with E-state index in [-0.39, 0.29) is 0 Å². The van der Waals surface area contributed by atoms with Crippen LogP contribution in [0.25, 0.3) is 0 Å². The van der Waals surface area contributed by atoms with Crippen molar-refractivity contribution in [2.45, 2.75) is 38.9 Å². The van der Waals surface area contributed by atoms with Crippen molar-refractivity contribution in [3.63, 3.8) is 0 Å². The third kappa shape index (κ3) is 8.23. The third-order valence-corrected chi connectivity index (χ3v) is 1.84. The molecule has 0 rings (SSSR count). The van der Waals surface area contributed by atoms with E-state index in [1.165, 1.54) is 0 Å². The molecular formula is C9H17F3N2O. The second kappa shape index (κ2) is 6.66. The van der Waals surface area contributed by atoms with Crippen LogP contribution in [0.2, 0.25) is 0 Å². The summed E-state index contributed by atoms with van der Waals surface area (Å²) in [4.78, 5) is 11.1. The molecule has 0 aromatic rings. The maximum absolute atomic E-state index is 11.8. The van der Waals surface area contributed by atoms with Crippen molar-refractivity contribution in [2.75, 3.05) is 13.1 Å². The minimum atomic E-state index is -4.35. The van der Waals surface area contributed by atoms with Gasteiger partial charge >= 0.3 is 6.18 Å². The van der Waals surface area contributed by atoms with E-state index in [1.54, 1.807) is 6.92 Å². The van der Waals surface area contributed by atoms with Crippen LogP contribution in [0.4, 0.5) is 13.2 Å². The van der Waals surface area contributed by atoms with Crippen LogP contribution in [-0.4, -0.2) is 31.2 Å². The molecule has 0 aliphatic carbocycles. The number of alkyl halides is 3. The minimum absolute atomic E-state index is 0.584. The molecule has 0 aliphatic rings. The maximum Gasteiger partial charge on any atom is 0.405 e. The van der Waals surface area contributed by atoms with Gasteiger partial charge in [0.1, 0.15) is 6.54 Å². The number of hydrogen-bond acceptors (Lipinski definition) is 2. The van der Waals surface area contributed by atoms with Crippen molar-refractivity contribution >= 4 is 5.91 Å². The van der Waals surface area contributed by atoms with Crippen LogP contribution in [0.15, 0.2) is 0 Å². The van der Waals surface area contributed by atoms with Crippen LogP contribution in [0.1, 0.15) is 26.7 Å². The van der Waals surface area contributed by atoms with Crippen molar-refractivity contribution in [1.29, 1.82) is 0 Å². The molecule has 0 saturated carbocycles. The van der Waals surface area contributed by atoms with Gasteiger partial charge in [-0.3, -0.25) is 4.79 Å². The molecule has 0 aromatic heterocycles. The molecule has 0 aliphatic heterocycles. The number of halogens is 3. The number of hydrogen-bond donors (Lipinski definition) is 2. The van der Waals surface area contributed by atoms with Gasteiger partial charge in [-0.15, -0.1) is 0 Å². The number of rotatable bonds is 6. The SMILES string of the molecule is CCCCNC(C)C(=O)NCC(F)(F)F. The number of amides is 1. The van der Waals surface area contributed by atoms with Gasteiger partial charge in [-0.2, -0.15) is 13.2 Å². The lowest BCUT2D eigenvalue weighted by atomic mass is 10.2. The molecule has 1 unspecified atom stereocenters. The van der Waals surface area contributed by atoms with E-state index in [0.29, 0.717) is 6.54 Å². The van der Waals surface area contributed by atoms with Crippen molar-refractivity contribution in [1.82, 2.24) is 10.6 Å². The van der Waals surface area contributed by atoms with Crippen LogP contribution in [0.3, 0.4) is 0 Å². The first-order chi connectivity index (χ1) is 6.87. The summed E-state index contributed by atoms with van der Waals surface area (Å²) in [7, 11) is 0. The van der Waals surface area contributed by atoms with E-state index in [0.717, 1.165) is 12.8 Å². The third-order valence-electron chi connectivity index (χ3n) is 1.84. The fourth-order valence-corrected chi connectivity index (χ4v) is 0.928. The molecule has 2 N–H and O–H groups in total. The zero-order valence-electron chi connectivity index (χ0n) is 8.95. The summed E-state index contributed by atoms with van der Waals surface area (Å²) in [6, 6.07) is -0.584. The van der Waals surface area contributed by atoms with Crippen molar-refractivity contribution in [3.05, 3.63) is 0 Å². The summed E-state index contributed by atoms with van der Waals surface area (Å²) in [5.41, 5.74) is 0. The summed E-state index contributed by atoms with van der Waals surface area (Å²) in [5, 5.41) is 4.66. The van der Waals surface area contributed by atoms with Gasteiger partial charge in [-0.05, 0) is 19.9 Å². The van der Waals surface area contributed by atoms with E-state index in [1.807, 2.05) is 12.2 Å². The van der Waals surface area contributed by atoms with Crippen LogP contribution in [-0.2, 0) is 4.79 Å². The molecule has 0 heterocycles. The number of nitrogens with one attached hydrogen (secondary N) is 2. The first kappa shape index (κ1) is 14.2. The van der Waals surface area contributed by atoms with E-state index in [9.17, 15) is 18.0 Å². The lowest BCUT2D eigenvalue weighted by Gasteiger charge is -2.14. The van der Waals surface area contributed by atoms with Crippen molar-refractivity contribution in [3.8, 4) is 0 Å². The highest BCUT2D eigenvalue weighted by atomic mass is 19.4. The highest BCUT2D eigenvalue weighted by Gasteiger charge is 2.28. The monoisotopic (exact) mass is 226 g/mol. The Morgan fingerprint density at radius 1 is 1.40 bits per heavy atom. The average Bonchev–Trinajstić information content (AvgIpc) is 2.13. The Labute approximate surface area is 87.4 Å². The predicted octanol–water partition coefficient (Wildman–Crippen LogP) is 1.44. The molecule has 0 fully saturated rings. The van der Waals surface area contributed by atoms with Crippen LogP contribution in [0, 0.1) is 0 Å². The zero-order valence-corrected chi connectivity index (χ0v) is 8.95. The average molecular weight is 226 g/mol. The lowest BCUT2D eigenvalue weighted by molar-refractivity contribution is -0.139. The van der Waals surface area contributed by atoms with Gasteiger partial charge in [-0.25, -0.2) is 0 Å².